The topological polar surface area (TPSA) is 59.3 Å². The monoisotopic (exact) mass is 183 g/mol. The van der Waals surface area contributed by atoms with E-state index in [1.54, 1.807) is 6.92 Å². The Morgan fingerprint density at radius 1 is 1.62 bits per heavy atom. The largest absolute Gasteiger partial charge is 0.431 e. The molecule has 0 aliphatic rings. The van der Waals surface area contributed by atoms with Crippen LogP contribution in [0.1, 0.15) is 13.8 Å². The molecule has 0 amide bonds. The van der Waals surface area contributed by atoms with Crippen molar-refractivity contribution in [2.75, 3.05) is 7.11 Å². The van der Waals surface area contributed by atoms with Crippen molar-refractivity contribution in [1.82, 2.24) is 0 Å². The maximum absolute atomic E-state index is 11.0. The fourth-order valence-electron chi connectivity index (χ4n) is 0.621. The Kier molecular flexibility index (Phi) is 4.78. The molecule has 0 N–H and O–H groups in total. The zero-order valence-electron chi connectivity index (χ0n) is 8.03. The van der Waals surface area contributed by atoms with E-state index in [-0.39, 0.29) is 5.57 Å². The Hall–Kier alpha value is -1.34. The van der Waals surface area contributed by atoms with E-state index in [0.717, 1.165) is 0 Å². The second-order valence-electron chi connectivity index (χ2n) is 2.71. The van der Waals surface area contributed by atoms with Gasteiger partial charge in [-0.3, -0.25) is 0 Å². The van der Waals surface area contributed by atoms with Gasteiger partial charge >= 0.3 is 5.97 Å². The minimum absolute atomic E-state index is 0.284. The Morgan fingerprint density at radius 2 is 2.15 bits per heavy atom. The van der Waals surface area contributed by atoms with Gasteiger partial charge in [0, 0.05) is 12.7 Å². The van der Waals surface area contributed by atoms with Crippen LogP contribution in [0.4, 0.5) is 0 Å². The molecule has 13 heavy (non-hydrogen) atoms. The van der Waals surface area contributed by atoms with Crippen LogP contribution in [0.2, 0.25) is 0 Å². The SMILES string of the molecule is C=C(C)C(=O)OC(OC)C(C)C#N. The highest BCUT2D eigenvalue weighted by atomic mass is 16.7. The van der Waals surface area contributed by atoms with Gasteiger partial charge in [-0.15, -0.1) is 0 Å². The van der Waals surface area contributed by atoms with E-state index < -0.39 is 18.2 Å². The number of ether oxygens (including phenoxy) is 2. The van der Waals surface area contributed by atoms with E-state index in [1.165, 1.54) is 14.0 Å². The Balaban J connectivity index is 4.23. The van der Waals surface area contributed by atoms with Gasteiger partial charge in [-0.2, -0.15) is 5.26 Å². The number of methoxy groups -OCH3 is 1. The third-order valence-electron chi connectivity index (χ3n) is 1.42. The molecular weight excluding hydrogens is 170 g/mol. The van der Waals surface area contributed by atoms with E-state index in [9.17, 15) is 4.79 Å². The van der Waals surface area contributed by atoms with E-state index >= 15 is 0 Å². The van der Waals surface area contributed by atoms with Gasteiger partial charge in [0.2, 0.25) is 6.29 Å². The van der Waals surface area contributed by atoms with E-state index in [0.29, 0.717) is 0 Å². The summed E-state index contributed by atoms with van der Waals surface area (Å²) in [6.07, 6.45) is -0.825. The highest BCUT2D eigenvalue weighted by molar-refractivity contribution is 5.87. The summed E-state index contributed by atoms with van der Waals surface area (Å²) in [5.74, 6) is -1.04. The maximum Gasteiger partial charge on any atom is 0.335 e. The number of hydrogen-bond acceptors (Lipinski definition) is 4. The van der Waals surface area contributed by atoms with Gasteiger partial charge < -0.3 is 9.47 Å². The fraction of sp³-hybridized carbons (Fsp3) is 0.556. The summed E-state index contributed by atoms with van der Waals surface area (Å²) in [6, 6.07) is 1.93. The molecule has 0 aromatic rings. The minimum Gasteiger partial charge on any atom is -0.431 e. The summed E-state index contributed by atoms with van der Waals surface area (Å²) in [5, 5.41) is 8.54. The molecular formula is C9H13NO3. The van der Waals surface area contributed by atoms with Crippen LogP contribution in [0, 0.1) is 17.2 Å². The first kappa shape index (κ1) is 11.7. The molecule has 0 bridgehead atoms. The first-order valence-electron chi connectivity index (χ1n) is 3.81. The summed E-state index contributed by atoms with van der Waals surface area (Å²) in [6.45, 7) is 6.56. The van der Waals surface area contributed by atoms with Crippen molar-refractivity contribution in [3.63, 3.8) is 0 Å². The standard InChI is InChI=1S/C9H13NO3/c1-6(2)8(11)13-9(12-4)7(3)5-10/h7,9H,1H2,2-4H3. The van der Waals surface area contributed by atoms with E-state index in [1.807, 2.05) is 6.07 Å². The molecule has 0 aromatic carbocycles. The first-order chi connectivity index (χ1) is 6.02. The number of nitrogens with zero attached hydrogens (tertiary/aromatic N) is 1. The third-order valence-corrected chi connectivity index (χ3v) is 1.42. The highest BCUT2D eigenvalue weighted by Gasteiger charge is 2.20. The number of carbonyl (C=O) groups excluding carboxylic acids is 1. The van der Waals surface area contributed by atoms with Crippen LogP contribution in [0.25, 0.3) is 0 Å². The van der Waals surface area contributed by atoms with Crippen molar-refractivity contribution in [2.24, 2.45) is 5.92 Å². The molecule has 0 rings (SSSR count). The predicted molar refractivity (Wildman–Crippen MR) is 46.5 cm³/mol. The summed E-state index contributed by atoms with van der Waals surface area (Å²) >= 11 is 0. The fourth-order valence-corrected chi connectivity index (χ4v) is 0.621. The average molecular weight is 183 g/mol. The van der Waals surface area contributed by atoms with Gasteiger partial charge in [0.15, 0.2) is 0 Å². The van der Waals surface area contributed by atoms with Gasteiger partial charge in [0.05, 0.1) is 6.07 Å². The molecule has 0 aromatic heterocycles. The highest BCUT2D eigenvalue weighted by Crippen LogP contribution is 2.09. The molecule has 0 aliphatic heterocycles. The van der Waals surface area contributed by atoms with Crippen molar-refractivity contribution in [3.8, 4) is 6.07 Å². The van der Waals surface area contributed by atoms with Crippen LogP contribution < -0.4 is 0 Å². The van der Waals surface area contributed by atoms with Crippen LogP contribution in [0.15, 0.2) is 12.2 Å². The molecule has 0 aliphatic carbocycles. The van der Waals surface area contributed by atoms with Crippen molar-refractivity contribution in [3.05, 3.63) is 12.2 Å². The average Bonchev–Trinajstić information content (AvgIpc) is 2.12. The number of rotatable bonds is 4. The first-order valence-corrected chi connectivity index (χ1v) is 3.81. The molecule has 72 valence electrons. The molecule has 0 spiro atoms. The minimum atomic E-state index is -0.825. The van der Waals surface area contributed by atoms with Gasteiger partial charge in [-0.05, 0) is 13.8 Å². The lowest BCUT2D eigenvalue weighted by molar-refractivity contribution is -0.174. The normalized spacial score (nSPS) is 14.0. The van der Waals surface area contributed by atoms with Gasteiger partial charge in [-0.25, -0.2) is 4.79 Å². The van der Waals surface area contributed by atoms with Crippen molar-refractivity contribution in [2.45, 2.75) is 20.1 Å². The van der Waals surface area contributed by atoms with Crippen LogP contribution in [0.3, 0.4) is 0 Å². The lowest BCUT2D eigenvalue weighted by Crippen LogP contribution is -2.26. The van der Waals surface area contributed by atoms with Crippen LogP contribution in [-0.4, -0.2) is 19.4 Å². The predicted octanol–water partition coefficient (Wildman–Crippen LogP) is 1.24. The molecule has 0 saturated carbocycles. The summed E-state index contributed by atoms with van der Waals surface area (Å²) in [5.41, 5.74) is 0.284. The van der Waals surface area contributed by atoms with Crippen LogP contribution in [-0.2, 0) is 14.3 Å². The Bertz CT molecular complexity index is 242. The zero-order valence-corrected chi connectivity index (χ0v) is 8.03. The summed E-state index contributed by atoms with van der Waals surface area (Å²) < 4.78 is 9.65. The lowest BCUT2D eigenvalue weighted by Gasteiger charge is -2.17. The Labute approximate surface area is 77.8 Å². The second kappa shape index (κ2) is 5.33. The maximum atomic E-state index is 11.0. The smallest absolute Gasteiger partial charge is 0.335 e. The van der Waals surface area contributed by atoms with Gasteiger partial charge in [-0.1, -0.05) is 6.58 Å². The summed E-state index contributed by atoms with van der Waals surface area (Å²) in [4.78, 5) is 11.0. The molecule has 2 atom stereocenters. The lowest BCUT2D eigenvalue weighted by atomic mass is 10.2. The molecule has 0 heterocycles. The Morgan fingerprint density at radius 3 is 2.46 bits per heavy atom. The van der Waals surface area contributed by atoms with Crippen molar-refractivity contribution in [1.29, 1.82) is 5.26 Å². The number of hydrogen-bond donors (Lipinski definition) is 0. The molecule has 4 heteroatoms. The van der Waals surface area contributed by atoms with Crippen molar-refractivity contribution >= 4 is 5.97 Å². The zero-order chi connectivity index (χ0) is 10.4. The summed E-state index contributed by atoms with van der Waals surface area (Å²) in [7, 11) is 1.38. The molecule has 0 saturated heterocycles. The van der Waals surface area contributed by atoms with E-state index in [4.69, 9.17) is 14.7 Å². The third kappa shape index (κ3) is 3.72. The number of esters is 1. The molecule has 4 nitrogen and oxygen atoms in total. The van der Waals surface area contributed by atoms with E-state index in [2.05, 4.69) is 6.58 Å². The quantitative estimate of drug-likeness (QED) is 0.373. The van der Waals surface area contributed by atoms with Gasteiger partial charge in [0.1, 0.15) is 5.92 Å². The molecule has 0 radical (unpaired) electrons. The van der Waals surface area contributed by atoms with Crippen LogP contribution in [0.5, 0.6) is 0 Å². The number of nitriles is 1. The van der Waals surface area contributed by atoms with Crippen LogP contribution >= 0.6 is 0 Å². The molecule has 0 fully saturated rings. The number of carbonyl (C=O) groups is 1. The van der Waals surface area contributed by atoms with Crippen molar-refractivity contribution < 1.29 is 14.3 Å². The van der Waals surface area contributed by atoms with Gasteiger partial charge in [0.25, 0.3) is 0 Å². The second-order valence-corrected chi connectivity index (χ2v) is 2.71. The molecule has 2 unspecified atom stereocenters.